The lowest BCUT2D eigenvalue weighted by molar-refractivity contribution is 0.495. The molecule has 3 heteroatoms. The van der Waals surface area contributed by atoms with E-state index in [2.05, 4.69) is 48.3 Å². The second kappa shape index (κ2) is 7.39. The van der Waals surface area contributed by atoms with Crippen molar-refractivity contribution < 1.29 is 4.42 Å². The molecule has 1 aliphatic rings. The minimum absolute atomic E-state index is 0.392. The van der Waals surface area contributed by atoms with E-state index in [-0.39, 0.29) is 0 Å². The molecule has 1 saturated heterocycles. The second-order valence-corrected chi connectivity index (χ2v) is 5.33. The quantitative estimate of drug-likeness (QED) is 0.848. The first-order valence-electron chi connectivity index (χ1n) is 7.56. The van der Waals surface area contributed by atoms with Crippen LogP contribution in [-0.4, -0.2) is 25.7 Å². The van der Waals surface area contributed by atoms with Crippen LogP contribution in [0, 0.1) is 0 Å². The number of piperidine rings is 1. The summed E-state index contributed by atoms with van der Waals surface area (Å²) in [4.78, 5) is 2.35. The van der Waals surface area contributed by atoms with Crippen LogP contribution in [0.2, 0.25) is 0 Å². The summed E-state index contributed by atoms with van der Waals surface area (Å²) in [5, 5.41) is 3.43. The molecule has 0 saturated carbocycles. The van der Waals surface area contributed by atoms with Crippen LogP contribution < -0.4 is 10.2 Å². The third-order valence-electron chi connectivity index (χ3n) is 3.55. The molecule has 0 radical (unpaired) electrons. The highest BCUT2D eigenvalue weighted by Gasteiger charge is 2.13. The summed E-state index contributed by atoms with van der Waals surface area (Å²) in [6.45, 7) is 7.67. The molecule has 2 rings (SSSR count). The van der Waals surface area contributed by atoms with Gasteiger partial charge >= 0.3 is 0 Å². The first-order chi connectivity index (χ1) is 9.29. The van der Waals surface area contributed by atoms with Crippen LogP contribution in [0.25, 0.3) is 6.08 Å². The van der Waals surface area contributed by atoms with E-state index in [0.29, 0.717) is 6.04 Å². The smallest absolute Gasteiger partial charge is 0.196 e. The fourth-order valence-corrected chi connectivity index (χ4v) is 2.40. The minimum atomic E-state index is 0.392. The molecule has 3 nitrogen and oxygen atoms in total. The summed E-state index contributed by atoms with van der Waals surface area (Å²) < 4.78 is 5.89. The van der Waals surface area contributed by atoms with Gasteiger partial charge in [0.05, 0.1) is 0 Å². The van der Waals surface area contributed by atoms with Crippen LogP contribution in [0.1, 0.15) is 45.3 Å². The molecule has 19 heavy (non-hydrogen) atoms. The maximum absolute atomic E-state index is 5.89. The average Bonchev–Trinajstić information content (AvgIpc) is 2.93. The van der Waals surface area contributed by atoms with Crippen molar-refractivity contribution in [2.24, 2.45) is 0 Å². The Morgan fingerprint density at radius 1 is 1.32 bits per heavy atom. The van der Waals surface area contributed by atoms with Gasteiger partial charge in [-0.2, -0.15) is 0 Å². The maximum Gasteiger partial charge on any atom is 0.196 e. The fourth-order valence-electron chi connectivity index (χ4n) is 2.40. The van der Waals surface area contributed by atoms with Crippen LogP contribution in [0.4, 0.5) is 5.88 Å². The Morgan fingerprint density at radius 2 is 2.11 bits per heavy atom. The molecule has 1 unspecified atom stereocenters. The van der Waals surface area contributed by atoms with Crippen molar-refractivity contribution in [3.05, 3.63) is 24.0 Å². The second-order valence-electron chi connectivity index (χ2n) is 5.33. The van der Waals surface area contributed by atoms with Crippen LogP contribution in [-0.2, 0) is 0 Å². The summed E-state index contributed by atoms with van der Waals surface area (Å²) in [6.07, 6.45) is 9.31. The Kier molecular flexibility index (Phi) is 5.52. The van der Waals surface area contributed by atoms with Gasteiger partial charge in [0.1, 0.15) is 5.76 Å². The van der Waals surface area contributed by atoms with Gasteiger partial charge in [0.2, 0.25) is 0 Å². The maximum atomic E-state index is 5.89. The molecule has 1 atom stereocenters. The molecular formula is C16H26N2O. The standard InChI is InChI=1S/C16H26N2O/c1-3-11-17-14(2)7-8-15-9-10-16(19-15)18-12-5-4-6-13-18/h7-10,14,17H,3-6,11-13H2,1-2H3/b8-7+. The zero-order valence-electron chi connectivity index (χ0n) is 12.2. The lowest BCUT2D eigenvalue weighted by atomic mass is 10.1. The van der Waals surface area contributed by atoms with Crippen molar-refractivity contribution in [3.8, 4) is 0 Å². The normalized spacial score (nSPS) is 18.1. The van der Waals surface area contributed by atoms with E-state index in [4.69, 9.17) is 4.42 Å². The Bertz CT molecular complexity index is 391. The highest BCUT2D eigenvalue weighted by molar-refractivity contribution is 5.49. The largest absolute Gasteiger partial charge is 0.441 e. The van der Waals surface area contributed by atoms with Crippen molar-refractivity contribution in [1.82, 2.24) is 5.32 Å². The van der Waals surface area contributed by atoms with E-state index in [1.807, 2.05) is 0 Å². The molecule has 1 fully saturated rings. The predicted molar refractivity (Wildman–Crippen MR) is 81.6 cm³/mol. The number of nitrogens with one attached hydrogen (secondary N) is 1. The van der Waals surface area contributed by atoms with Crippen molar-refractivity contribution in [3.63, 3.8) is 0 Å². The van der Waals surface area contributed by atoms with E-state index in [1.165, 1.54) is 19.3 Å². The average molecular weight is 262 g/mol. The topological polar surface area (TPSA) is 28.4 Å². The lowest BCUT2D eigenvalue weighted by Gasteiger charge is -2.25. The van der Waals surface area contributed by atoms with Gasteiger partial charge in [-0.05, 0) is 51.3 Å². The van der Waals surface area contributed by atoms with E-state index in [0.717, 1.165) is 37.7 Å². The zero-order valence-corrected chi connectivity index (χ0v) is 12.2. The van der Waals surface area contributed by atoms with E-state index >= 15 is 0 Å². The van der Waals surface area contributed by atoms with Crippen molar-refractivity contribution >= 4 is 12.0 Å². The third-order valence-corrected chi connectivity index (χ3v) is 3.55. The number of nitrogens with zero attached hydrogens (tertiary/aromatic N) is 1. The Morgan fingerprint density at radius 3 is 2.84 bits per heavy atom. The van der Waals surface area contributed by atoms with Gasteiger partial charge in [0.15, 0.2) is 5.88 Å². The molecule has 2 heterocycles. The van der Waals surface area contributed by atoms with Gasteiger partial charge < -0.3 is 14.6 Å². The van der Waals surface area contributed by atoms with Gasteiger partial charge in [-0.3, -0.25) is 0 Å². The van der Waals surface area contributed by atoms with Gasteiger partial charge in [0, 0.05) is 25.2 Å². The van der Waals surface area contributed by atoms with Gasteiger partial charge in [0.25, 0.3) is 0 Å². The van der Waals surface area contributed by atoms with Crippen LogP contribution in [0.5, 0.6) is 0 Å². The summed E-state index contributed by atoms with van der Waals surface area (Å²) in [5.41, 5.74) is 0. The van der Waals surface area contributed by atoms with E-state index in [1.54, 1.807) is 0 Å². The Hall–Kier alpha value is -1.22. The SMILES string of the molecule is CCCNC(C)/C=C/c1ccc(N2CCCCC2)o1. The monoisotopic (exact) mass is 262 g/mol. The Balaban J connectivity index is 1.87. The number of hydrogen-bond donors (Lipinski definition) is 1. The summed E-state index contributed by atoms with van der Waals surface area (Å²) in [6, 6.07) is 4.55. The molecule has 0 aromatic carbocycles. The molecular weight excluding hydrogens is 236 g/mol. The first-order valence-corrected chi connectivity index (χ1v) is 7.56. The summed E-state index contributed by atoms with van der Waals surface area (Å²) >= 11 is 0. The number of hydrogen-bond acceptors (Lipinski definition) is 3. The van der Waals surface area contributed by atoms with Gasteiger partial charge in [-0.1, -0.05) is 13.0 Å². The third kappa shape index (κ3) is 4.43. The van der Waals surface area contributed by atoms with E-state index < -0.39 is 0 Å². The predicted octanol–water partition coefficient (Wildman–Crippen LogP) is 3.67. The van der Waals surface area contributed by atoms with Gasteiger partial charge in [-0.25, -0.2) is 0 Å². The molecule has 1 N–H and O–H groups in total. The van der Waals surface area contributed by atoms with E-state index in [9.17, 15) is 0 Å². The van der Waals surface area contributed by atoms with Crippen molar-refractivity contribution in [2.45, 2.75) is 45.6 Å². The Labute approximate surface area is 116 Å². The molecule has 106 valence electrons. The molecule has 1 aliphatic heterocycles. The lowest BCUT2D eigenvalue weighted by Crippen LogP contribution is -2.28. The van der Waals surface area contributed by atoms with Crippen molar-refractivity contribution in [2.75, 3.05) is 24.5 Å². The minimum Gasteiger partial charge on any atom is -0.441 e. The highest BCUT2D eigenvalue weighted by atomic mass is 16.4. The molecule has 1 aromatic rings. The van der Waals surface area contributed by atoms with Crippen molar-refractivity contribution in [1.29, 1.82) is 0 Å². The zero-order chi connectivity index (χ0) is 13.5. The number of furan rings is 1. The molecule has 0 spiro atoms. The number of anilines is 1. The summed E-state index contributed by atoms with van der Waals surface area (Å²) in [5.74, 6) is 1.97. The molecule has 0 aliphatic carbocycles. The molecule has 0 amide bonds. The fraction of sp³-hybridized carbons (Fsp3) is 0.625. The first kappa shape index (κ1) is 14.2. The number of rotatable bonds is 6. The van der Waals surface area contributed by atoms with Gasteiger partial charge in [-0.15, -0.1) is 0 Å². The highest BCUT2D eigenvalue weighted by Crippen LogP contribution is 2.23. The van der Waals surface area contributed by atoms with Crippen LogP contribution in [0.3, 0.4) is 0 Å². The van der Waals surface area contributed by atoms with Crippen LogP contribution in [0.15, 0.2) is 22.6 Å². The molecule has 1 aromatic heterocycles. The van der Waals surface area contributed by atoms with Crippen LogP contribution >= 0.6 is 0 Å². The molecule has 0 bridgehead atoms. The summed E-state index contributed by atoms with van der Waals surface area (Å²) in [7, 11) is 0.